The first-order valence-electron chi connectivity index (χ1n) is 3.97. The minimum atomic E-state index is -0.589. The smallest absolute Gasteiger partial charge is 0.133 e. The summed E-state index contributed by atoms with van der Waals surface area (Å²) < 4.78 is 25.8. The summed E-state index contributed by atoms with van der Waals surface area (Å²) in [5.74, 6) is -1.18. The maximum Gasteiger partial charge on any atom is 0.133 e. The Balaban J connectivity index is 2.87. The van der Waals surface area contributed by atoms with Crippen LogP contribution in [0.1, 0.15) is 12.0 Å². The largest absolute Gasteiger partial charge is 0.396 e. The van der Waals surface area contributed by atoms with Crippen molar-refractivity contribution < 1.29 is 13.9 Å². The molecule has 0 unspecified atom stereocenters. The second kappa shape index (κ2) is 4.72. The summed E-state index contributed by atoms with van der Waals surface area (Å²) in [6.45, 7) is -0.0213. The Hall–Kier alpha value is -1.22. The molecule has 0 heterocycles. The van der Waals surface area contributed by atoms with Gasteiger partial charge in [0.25, 0.3) is 0 Å². The third-order valence-corrected chi connectivity index (χ3v) is 1.58. The van der Waals surface area contributed by atoms with Gasteiger partial charge in [0, 0.05) is 12.2 Å². The summed E-state index contributed by atoms with van der Waals surface area (Å²) in [5.41, 5.74) is -0.0593. The van der Waals surface area contributed by atoms with Crippen molar-refractivity contribution in [2.45, 2.75) is 6.42 Å². The molecule has 0 amide bonds. The molecular weight excluding hydrogens is 174 g/mol. The average Bonchev–Trinajstić information content (AvgIpc) is 2.10. The van der Waals surface area contributed by atoms with Gasteiger partial charge in [0.2, 0.25) is 0 Å². The van der Waals surface area contributed by atoms with Gasteiger partial charge in [-0.25, -0.2) is 8.78 Å². The number of halogens is 2. The second-order valence-electron chi connectivity index (χ2n) is 2.55. The summed E-state index contributed by atoms with van der Waals surface area (Å²) >= 11 is 0. The first-order chi connectivity index (χ1) is 6.25. The third-order valence-electron chi connectivity index (χ3n) is 1.58. The van der Waals surface area contributed by atoms with Gasteiger partial charge in [-0.3, -0.25) is 0 Å². The van der Waals surface area contributed by atoms with Crippen molar-refractivity contribution in [2.75, 3.05) is 6.61 Å². The standard InChI is InChI=1S/C10H10F2O/c11-9-5-3-6-10(12)8(9)4-1-2-7-13/h1,3-6,13H,2,7H2. The number of aliphatic hydroxyl groups excluding tert-OH is 1. The summed E-state index contributed by atoms with van der Waals surface area (Å²) in [7, 11) is 0. The van der Waals surface area contributed by atoms with E-state index < -0.39 is 11.6 Å². The zero-order chi connectivity index (χ0) is 9.68. The van der Waals surface area contributed by atoms with Crippen molar-refractivity contribution >= 4 is 6.08 Å². The van der Waals surface area contributed by atoms with Gasteiger partial charge in [-0.1, -0.05) is 18.2 Å². The molecule has 1 nitrogen and oxygen atoms in total. The highest BCUT2D eigenvalue weighted by atomic mass is 19.1. The Labute approximate surface area is 75.3 Å². The van der Waals surface area contributed by atoms with E-state index in [9.17, 15) is 8.78 Å². The van der Waals surface area contributed by atoms with E-state index in [2.05, 4.69) is 0 Å². The van der Waals surface area contributed by atoms with Crippen molar-refractivity contribution in [3.05, 3.63) is 41.5 Å². The number of hydrogen-bond donors (Lipinski definition) is 1. The Kier molecular flexibility index (Phi) is 3.58. The Morgan fingerprint density at radius 3 is 2.38 bits per heavy atom. The quantitative estimate of drug-likeness (QED) is 0.764. The lowest BCUT2D eigenvalue weighted by atomic mass is 10.2. The summed E-state index contributed by atoms with van der Waals surface area (Å²) in [5, 5.41) is 8.44. The Bertz CT molecular complexity index is 288. The van der Waals surface area contributed by atoms with Crippen LogP contribution in [0.25, 0.3) is 6.08 Å². The minimum Gasteiger partial charge on any atom is -0.396 e. The SMILES string of the molecule is OCCC=Cc1c(F)cccc1F. The molecule has 70 valence electrons. The van der Waals surface area contributed by atoms with Gasteiger partial charge in [-0.2, -0.15) is 0 Å². The lowest BCUT2D eigenvalue weighted by Crippen LogP contribution is -1.87. The van der Waals surface area contributed by atoms with Gasteiger partial charge >= 0.3 is 0 Å². The third kappa shape index (κ3) is 2.63. The maximum atomic E-state index is 12.9. The summed E-state index contributed by atoms with van der Waals surface area (Å²) in [6, 6.07) is 3.71. The zero-order valence-electron chi connectivity index (χ0n) is 7.00. The molecule has 0 atom stereocenters. The molecule has 1 N–H and O–H groups in total. The molecular formula is C10H10F2O. The van der Waals surface area contributed by atoms with E-state index in [4.69, 9.17) is 5.11 Å². The van der Waals surface area contributed by atoms with Gasteiger partial charge < -0.3 is 5.11 Å². The molecule has 0 aromatic heterocycles. The van der Waals surface area contributed by atoms with Gasteiger partial charge in [0.1, 0.15) is 11.6 Å². The van der Waals surface area contributed by atoms with Crippen LogP contribution in [0.2, 0.25) is 0 Å². The maximum absolute atomic E-state index is 12.9. The normalized spacial score (nSPS) is 11.0. The van der Waals surface area contributed by atoms with E-state index in [0.29, 0.717) is 6.42 Å². The first kappa shape index (κ1) is 9.86. The lowest BCUT2D eigenvalue weighted by molar-refractivity contribution is 0.303. The summed E-state index contributed by atoms with van der Waals surface area (Å²) in [6.07, 6.45) is 3.26. The molecule has 1 rings (SSSR count). The van der Waals surface area contributed by atoms with Crippen molar-refractivity contribution in [1.29, 1.82) is 0 Å². The summed E-state index contributed by atoms with van der Waals surface area (Å²) in [4.78, 5) is 0. The molecule has 0 saturated heterocycles. The molecule has 0 fully saturated rings. The van der Waals surface area contributed by atoms with Crippen LogP contribution in [0, 0.1) is 11.6 Å². The number of rotatable bonds is 3. The van der Waals surface area contributed by atoms with E-state index >= 15 is 0 Å². The van der Waals surface area contributed by atoms with Crippen molar-refractivity contribution in [1.82, 2.24) is 0 Å². The molecule has 0 aliphatic rings. The van der Waals surface area contributed by atoms with Crippen molar-refractivity contribution in [3.8, 4) is 0 Å². The highest BCUT2D eigenvalue weighted by molar-refractivity contribution is 5.50. The van der Waals surface area contributed by atoms with Crippen LogP contribution in [-0.2, 0) is 0 Å². The van der Waals surface area contributed by atoms with E-state index in [-0.39, 0.29) is 12.2 Å². The fourth-order valence-electron chi connectivity index (χ4n) is 0.946. The fourth-order valence-corrected chi connectivity index (χ4v) is 0.946. The van der Waals surface area contributed by atoms with E-state index in [0.717, 1.165) is 0 Å². The molecule has 0 aliphatic heterocycles. The van der Waals surface area contributed by atoms with E-state index in [1.165, 1.54) is 30.4 Å². The average molecular weight is 184 g/mol. The van der Waals surface area contributed by atoms with Gasteiger partial charge in [0.15, 0.2) is 0 Å². The van der Waals surface area contributed by atoms with Crippen molar-refractivity contribution in [2.24, 2.45) is 0 Å². The number of hydrogen-bond acceptors (Lipinski definition) is 1. The Morgan fingerprint density at radius 2 is 1.85 bits per heavy atom. The number of aliphatic hydroxyl groups is 1. The van der Waals surface area contributed by atoms with Crippen LogP contribution < -0.4 is 0 Å². The highest BCUT2D eigenvalue weighted by Gasteiger charge is 2.03. The fraction of sp³-hybridized carbons (Fsp3) is 0.200. The molecule has 3 heteroatoms. The monoisotopic (exact) mass is 184 g/mol. The minimum absolute atomic E-state index is 0.0213. The number of benzene rings is 1. The van der Waals surface area contributed by atoms with E-state index in [1.54, 1.807) is 0 Å². The van der Waals surface area contributed by atoms with Crippen LogP contribution >= 0.6 is 0 Å². The van der Waals surface area contributed by atoms with Crippen LogP contribution in [0.4, 0.5) is 8.78 Å². The lowest BCUT2D eigenvalue weighted by Gasteiger charge is -1.97. The second-order valence-corrected chi connectivity index (χ2v) is 2.55. The highest BCUT2D eigenvalue weighted by Crippen LogP contribution is 2.13. The van der Waals surface area contributed by atoms with Crippen LogP contribution in [0.3, 0.4) is 0 Å². The molecule has 0 saturated carbocycles. The molecule has 1 aromatic rings. The topological polar surface area (TPSA) is 20.2 Å². The molecule has 0 spiro atoms. The van der Waals surface area contributed by atoms with Crippen LogP contribution in [0.15, 0.2) is 24.3 Å². The Morgan fingerprint density at radius 1 is 1.23 bits per heavy atom. The van der Waals surface area contributed by atoms with Gasteiger partial charge in [-0.05, 0) is 18.6 Å². The predicted octanol–water partition coefficient (Wildman–Crippen LogP) is 2.36. The van der Waals surface area contributed by atoms with E-state index in [1.807, 2.05) is 0 Å². The molecule has 1 aromatic carbocycles. The van der Waals surface area contributed by atoms with Gasteiger partial charge in [-0.15, -0.1) is 0 Å². The van der Waals surface area contributed by atoms with Crippen LogP contribution in [0.5, 0.6) is 0 Å². The molecule has 0 bridgehead atoms. The van der Waals surface area contributed by atoms with Gasteiger partial charge in [0.05, 0.1) is 0 Å². The molecule has 0 radical (unpaired) electrons. The predicted molar refractivity (Wildman–Crippen MR) is 47.1 cm³/mol. The zero-order valence-corrected chi connectivity index (χ0v) is 7.00. The first-order valence-corrected chi connectivity index (χ1v) is 3.97. The van der Waals surface area contributed by atoms with Crippen LogP contribution in [-0.4, -0.2) is 11.7 Å². The molecule has 0 aliphatic carbocycles. The van der Waals surface area contributed by atoms with Crippen molar-refractivity contribution in [3.63, 3.8) is 0 Å². The molecule has 13 heavy (non-hydrogen) atoms.